The SMILES string of the molecule is Cc1cn[nH]c1C[C@@H]1CCCN(C(=O)CCN(C)Cc2ccccn2)C1. The average Bonchev–Trinajstić information content (AvgIpc) is 3.05. The van der Waals surface area contributed by atoms with E-state index in [1.807, 2.05) is 37.6 Å². The van der Waals surface area contributed by atoms with Crippen molar-refractivity contribution in [1.82, 2.24) is 25.0 Å². The van der Waals surface area contributed by atoms with Crippen LogP contribution < -0.4 is 0 Å². The van der Waals surface area contributed by atoms with Crippen molar-refractivity contribution in [3.8, 4) is 0 Å². The van der Waals surface area contributed by atoms with Gasteiger partial charge in [-0.05, 0) is 56.8 Å². The fourth-order valence-electron chi connectivity index (χ4n) is 3.62. The largest absolute Gasteiger partial charge is 0.342 e. The van der Waals surface area contributed by atoms with Crippen molar-refractivity contribution in [2.75, 3.05) is 26.7 Å². The number of piperidine rings is 1. The van der Waals surface area contributed by atoms with Crippen LogP contribution >= 0.6 is 0 Å². The van der Waals surface area contributed by atoms with Crippen LogP contribution in [0.5, 0.6) is 0 Å². The van der Waals surface area contributed by atoms with E-state index in [1.165, 1.54) is 17.7 Å². The first-order chi connectivity index (χ1) is 12.6. The predicted molar refractivity (Wildman–Crippen MR) is 102 cm³/mol. The molecule has 1 aliphatic rings. The summed E-state index contributed by atoms with van der Waals surface area (Å²) >= 11 is 0. The molecule has 26 heavy (non-hydrogen) atoms. The van der Waals surface area contributed by atoms with E-state index in [0.29, 0.717) is 12.3 Å². The Kier molecular flexibility index (Phi) is 6.39. The molecule has 3 rings (SSSR count). The van der Waals surface area contributed by atoms with E-state index in [1.54, 1.807) is 0 Å². The van der Waals surface area contributed by atoms with E-state index < -0.39 is 0 Å². The van der Waals surface area contributed by atoms with E-state index in [9.17, 15) is 4.79 Å². The van der Waals surface area contributed by atoms with E-state index in [4.69, 9.17) is 0 Å². The second kappa shape index (κ2) is 8.94. The molecule has 1 aliphatic heterocycles. The van der Waals surface area contributed by atoms with E-state index in [0.717, 1.165) is 44.7 Å². The number of aromatic nitrogens is 3. The lowest BCUT2D eigenvalue weighted by molar-refractivity contribution is -0.133. The minimum Gasteiger partial charge on any atom is -0.342 e. The number of carbonyl (C=O) groups excluding carboxylic acids is 1. The Morgan fingerprint density at radius 1 is 1.42 bits per heavy atom. The summed E-state index contributed by atoms with van der Waals surface area (Å²) in [5.41, 5.74) is 3.46. The van der Waals surface area contributed by atoms with Crippen molar-refractivity contribution in [2.45, 2.75) is 39.2 Å². The van der Waals surface area contributed by atoms with Crippen molar-refractivity contribution < 1.29 is 4.79 Å². The molecular weight excluding hydrogens is 326 g/mol. The minimum absolute atomic E-state index is 0.268. The maximum atomic E-state index is 12.6. The van der Waals surface area contributed by atoms with Gasteiger partial charge in [-0.25, -0.2) is 0 Å². The molecule has 2 aromatic heterocycles. The fourth-order valence-corrected chi connectivity index (χ4v) is 3.62. The summed E-state index contributed by atoms with van der Waals surface area (Å²) in [7, 11) is 2.04. The maximum absolute atomic E-state index is 12.6. The van der Waals surface area contributed by atoms with Crippen LogP contribution in [0.2, 0.25) is 0 Å². The lowest BCUT2D eigenvalue weighted by Crippen LogP contribution is -2.41. The first-order valence-electron chi connectivity index (χ1n) is 9.47. The first-order valence-corrected chi connectivity index (χ1v) is 9.47. The van der Waals surface area contributed by atoms with Gasteiger partial charge in [0.05, 0.1) is 11.9 Å². The van der Waals surface area contributed by atoms with Crippen molar-refractivity contribution >= 4 is 5.91 Å². The van der Waals surface area contributed by atoms with Gasteiger partial charge in [0.25, 0.3) is 0 Å². The van der Waals surface area contributed by atoms with Crippen molar-refractivity contribution in [1.29, 1.82) is 0 Å². The summed E-state index contributed by atoms with van der Waals surface area (Å²) in [5, 5.41) is 7.20. The summed E-state index contributed by atoms with van der Waals surface area (Å²) in [6.07, 6.45) is 7.51. The molecule has 0 saturated carbocycles. The molecule has 1 saturated heterocycles. The molecular formula is C20H29N5O. The van der Waals surface area contributed by atoms with E-state index in [-0.39, 0.29) is 5.91 Å². The van der Waals surface area contributed by atoms with Gasteiger partial charge in [-0.3, -0.25) is 14.9 Å². The number of H-pyrrole nitrogens is 1. The zero-order valence-corrected chi connectivity index (χ0v) is 15.8. The normalized spacial score (nSPS) is 17.7. The molecule has 6 nitrogen and oxygen atoms in total. The Labute approximate surface area is 155 Å². The number of likely N-dealkylation sites (tertiary alicyclic amines) is 1. The number of amides is 1. The number of hydrogen-bond donors (Lipinski definition) is 1. The van der Waals surface area contributed by atoms with Crippen molar-refractivity contribution in [3.05, 3.63) is 47.5 Å². The Morgan fingerprint density at radius 2 is 2.31 bits per heavy atom. The van der Waals surface area contributed by atoms with Gasteiger partial charge in [0.1, 0.15) is 0 Å². The van der Waals surface area contributed by atoms with Crippen LogP contribution in [0.15, 0.2) is 30.6 Å². The zero-order chi connectivity index (χ0) is 18.4. The Hall–Kier alpha value is -2.21. The lowest BCUT2D eigenvalue weighted by atomic mass is 9.92. The van der Waals surface area contributed by atoms with Gasteiger partial charge < -0.3 is 9.80 Å². The molecule has 0 unspecified atom stereocenters. The highest BCUT2D eigenvalue weighted by atomic mass is 16.2. The quantitative estimate of drug-likeness (QED) is 0.828. The fraction of sp³-hybridized carbons (Fsp3) is 0.550. The summed E-state index contributed by atoms with van der Waals surface area (Å²) < 4.78 is 0. The number of hydrogen-bond acceptors (Lipinski definition) is 4. The Bertz CT molecular complexity index is 699. The van der Waals surface area contributed by atoms with Crippen LogP contribution in [0, 0.1) is 12.8 Å². The van der Waals surface area contributed by atoms with Crippen LogP contribution in [-0.2, 0) is 17.8 Å². The first kappa shape index (κ1) is 18.6. The zero-order valence-electron chi connectivity index (χ0n) is 15.8. The molecule has 1 amide bonds. The van der Waals surface area contributed by atoms with Crippen LogP contribution in [-0.4, -0.2) is 57.6 Å². The maximum Gasteiger partial charge on any atom is 0.223 e. The molecule has 0 aliphatic carbocycles. The van der Waals surface area contributed by atoms with Crippen LogP contribution in [0.3, 0.4) is 0 Å². The van der Waals surface area contributed by atoms with Crippen molar-refractivity contribution in [2.24, 2.45) is 5.92 Å². The standard InChI is InChI=1S/C20H29N5O/c1-16-13-22-23-19(16)12-17-6-5-10-25(14-17)20(26)8-11-24(2)15-18-7-3-4-9-21-18/h3-4,7,9,13,17H,5-6,8,10-12,14-15H2,1-2H3,(H,22,23)/t17-/m0/s1. The second-order valence-electron chi connectivity index (χ2n) is 7.39. The summed E-state index contributed by atoms with van der Waals surface area (Å²) in [6, 6.07) is 5.94. The molecule has 2 aromatic rings. The van der Waals surface area contributed by atoms with Gasteiger partial charge in [-0.15, -0.1) is 0 Å². The number of carbonyl (C=O) groups is 1. The number of aryl methyl sites for hydroxylation is 1. The minimum atomic E-state index is 0.268. The van der Waals surface area contributed by atoms with E-state index >= 15 is 0 Å². The van der Waals surface area contributed by atoms with Gasteiger partial charge in [0, 0.05) is 44.5 Å². The molecule has 140 valence electrons. The van der Waals surface area contributed by atoms with Crippen LogP contribution in [0.25, 0.3) is 0 Å². The summed E-state index contributed by atoms with van der Waals surface area (Å²) in [4.78, 5) is 21.2. The highest BCUT2D eigenvalue weighted by Gasteiger charge is 2.24. The molecule has 0 bridgehead atoms. The molecule has 6 heteroatoms. The highest BCUT2D eigenvalue weighted by molar-refractivity contribution is 5.76. The van der Waals surface area contributed by atoms with Gasteiger partial charge >= 0.3 is 0 Å². The molecule has 1 fully saturated rings. The molecule has 1 atom stereocenters. The Balaban J connectivity index is 1.44. The third-order valence-corrected chi connectivity index (χ3v) is 5.16. The number of aromatic amines is 1. The predicted octanol–water partition coefficient (Wildman–Crippen LogP) is 2.42. The van der Waals surface area contributed by atoms with Gasteiger partial charge in [-0.2, -0.15) is 5.10 Å². The molecule has 3 heterocycles. The van der Waals surface area contributed by atoms with Gasteiger partial charge in [0.15, 0.2) is 0 Å². The topological polar surface area (TPSA) is 65.1 Å². The van der Waals surface area contributed by atoms with Gasteiger partial charge in [-0.1, -0.05) is 6.07 Å². The summed E-state index contributed by atoms with van der Waals surface area (Å²) in [5.74, 6) is 0.794. The van der Waals surface area contributed by atoms with Gasteiger partial charge in [0.2, 0.25) is 5.91 Å². The van der Waals surface area contributed by atoms with Crippen LogP contribution in [0.1, 0.15) is 36.2 Å². The monoisotopic (exact) mass is 355 g/mol. The molecule has 0 radical (unpaired) electrons. The Morgan fingerprint density at radius 3 is 3.04 bits per heavy atom. The average molecular weight is 355 g/mol. The lowest BCUT2D eigenvalue weighted by Gasteiger charge is -2.33. The molecule has 0 aromatic carbocycles. The number of nitrogens with zero attached hydrogens (tertiary/aromatic N) is 4. The highest BCUT2D eigenvalue weighted by Crippen LogP contribution is 2.22. The number of nitrogens with one attached hydrogen (secondary N) is 1. The third-order valence-electron chi connectivity index (χ3n) is 5.16. The smallest absolute Gasteiger partial charge is 0.223 e. The van der Waals surface area contributed by atoms with Crippen LogP contribution in [0.4, 0.5) is 0 Å². The molecule has 1 N–H and O–H groups in total. The van der Waals surface area contributed by atoms with E-state index in [2.05, 4.69) is 31.9 Å². The summed E-state index contributed by atoms with van der Waals surface area (Å²) in [6.45, 7) is 5.37. The third kappa shape index (κ3) is 5.14. The number of pyridine rings is 1. The second-order valence-corrected chi connectivity index (χ2v) is 7.39. The number of rotatable bonds is 7. The van der Waals surface area contributed by atoms with Crippen molar-refractivity contribution in [3.63, 3.8) is 0 Å². The molecule has 0 spiro atoms.